The summed E-state index contributed by atoms with van der Waals surface area (Å²) >= 11 is 3.17. The van der Waals surface area contributed by atoms with Crippen molar-refractivity contribution in [1.82, 2.24) is 20.4 Å². The molecule has 2 rings (SSSR count). The summed E-state index contributed by atoms with van der Waals surface area (Å²) in [5.74, 6) is -0.502. The molecule has 8 nitrogen and oxygen atoms in total. The molecule has 0 atom stereocenters. The van der Waals surface area contributed by atoms with E-state index in [0.29, 0.717) is 4.47 Å². The van der Waals surface area contributed by atoms with Crippen molar-refractivity contribution in [3.63, 3.8) is 0 Å². The number of nitrogens with one attached hydrogen (secondary N) is 2. The first-order valence-electron chi connectivity index (χ1n) is 5.67. The third-order valence-electron chi connectivity index (χ3n) is 2.50. The lowest BCUT2D eigenvalue weighted by Gasteiger charge is -2.08. The van der Waals surface area contributed by atoms with Gasteiger partial charge in [-0.2, -0.15) is 0 Å². The van der Waals surface area contributed by atoms with Gasteiger partial charge in [0, 0.05) is 16.9 Å². The molecule has 0 saturated carbocycles. The maximum atomic E-state index is 12.1. The van der Waals surface area contributed by atoms with Crippen molar-refractivity contribution in [2.45, 2.75) is 18.7 Å². The molecule has 0 aliphatic heterocycles. The predicted octanol–water partition coefficient (Wildman–Crippen LogP) is 1.07. The number of nitrogens with zero attached hydrogens (tertiary/aromatic N) is 2. The molecular weight excluding hydrogens is 364 g/mol. The molecule has 0 saturated heterocycles. The van der Waals surface area contributed by atoms with Crippen LogP contribution in [0.4, 0.5) is 0 Å². The monoisotopic (exact) mass is 374 g/mol. The van der Waals surface area contributed by atoms with Crippen molar-refractivity contribution in [3.8, 4) is 0 Å². The molecular formula is C11H11BrN4O4S. The molecule has 21 heavy (non-hydrogen) atoms. The fourth-order valence-electron chi connectivity index (χ4n) is 1.63. The van der Waals surface area contributed by atoms with Gasteiger partial charge in [-0.05, 0) is 35.8 Å². The molecule has 0 aliphatic rings. The van der Waals surface area contributed by atoms with Crippen LogP contribution in [-0.4, -0.2) is 24.5 Å². The summed E-state index contributed by atoms with van der Waals surface area (Å²) in [5, 5.41) is 3.56. The molecule has 112 valence electrons. The molecule has 0 radical (unpaired) electrons. The molecule has 0 unspecified atom stereocenters. The van der Waals surface area contributed by atoms with Gasteiger partial charge >= 0.3 is 0 Å². The molecule has 0 aliphatic carbocycles. The molecule has 2 N–H and O–H groups in total. The fraction of sp³-hybridized carbons (Fsp3) is 0.182. The van der Waals surface area contributed by atoms with E-state index in [9.17, 15) is 13.2 Å². The van der Waals surface area contributed by atoms with Crippen molar-refractivity contribution < 1.29 is 17.7 Å². The number of hydrogen-bond donors (Lipinski definition) is 2. The number of rotatable bonds is 4. The van der Waals surface area contributed by atoms with Gasteiger partial charge in [0.1, 0.15) is 10.6 Å². The van der Waals surface area contributed by atoms with Crippen LogP contribution >= 0.6 is 15.9 Å². The number of hydrazine groups is 1. The van der Waals surface area contributed by atoms with Gasteiger partial charge in [-0.1, -0.05) is 5.16 Å². The average molecular weight is 375 g/mol. The number of aryl methyl sites for hydroxylation is 2. The van der Waals surface area contributed by atoms with E-state index in [4.69, 9.17) is 4.52 Å². The normalized spacial score (nSPS) is 11.4. The molecule has 2 aromatic rings. The molecule has 0 spiro atoms. The van der Waals surface area contributed by atoms with Gasteiger partial charge in [0.05, 0.1) is 5.56 Å². The number of pyridine rings is 1. The Labute approximate surface area is 129 Å². The number of hydrogen-bond acceptors (Lipinski definition) is 6. The maximum Gasteiger partial charge on any atom is 0.267 e. The second-order valence-corrected chi connectivity index (χ2v) is 6.64. The van der Waals surface area contributed by atoms with Crippen LogP contribution in [0.3, 0.4) is 0 Å². The quantitative estimate of drug-likeness (QED) is 0.773. The Bertz CT molecular complexity index is 768. The highest BCUT2D eigenvalue weighted by Crippen LogP contribution is 2.18. The van der Waals surface area contributed by atoms with E-state index in [-0.39, 0.29) is 21.9 Å². The summed E-state index contributed by atoms with van der Waals surface area (Å²) in [5.41, 5.74) is 2.51. The van der Waals surface area contributed by atoms with Crippen LogP contribution in [-0.2, 0) is 10.0 Å². The highest BCUT2D eigenvalue weighted by Gasteiger charge is 2.24. The van der Waals surface area contributed by atoms with Crippen molar-refractivity contribution in [1.29, 1.82) is 0 Å². The minimum Gasteiger partial charge on any atom is -0.360 e. The molecule has 10 heteroatoms. The Hall–Kier alpha value is -1.78. The topological polar surface area (TPSA) is 114 Å². The third-order valence-corrected chi connectivity index (χ3v) is 4.43. The van der Waals surface area contributed by atoms with Crippen LogP contribution in [0.1, 0.15) is 21.8 Å². The molecule has 2 heterocycles. The Morgan fingerprint density at radius 1 is 1.33 bits per heavy atom. The number of carbonyl (C=O) groups is 1. The van der Waals surface area contributed by atoms with Gasteiger partial charge in [0.15, 0.2) is 5.76 Å². The van der Waals surface area contributed by atoms with E-state index in [1.807, 2.05) is 4.83 Å². The van der Waals surface area contributed by atoms with E-state index in [1.54, 1.807) is 0 Å². The molecule has 0 bridgehead atoms. The first kappa shape index (κ1) is 15.6. The van der Waals surface area contributed by atoms with Crippen LogP contribution < -0.4 is 10.3 Å². The first-order chi connectivity index (χ1) is 9.81. The molecule has 0 fully saturated rings. The van der Waals surface area contributed by atoms with Crippen LogP contribution in [0.2, 0.25) is 0 Å². The Balaban J connectivity index is 2.14. The van der Waals surface area contributed by atoms with Gasteiger partial charge < -0.3 is 4.52 Å². The van der Waals surface area contributed by atoms with Crippen molar-refractivity contribution >= 4 is 31.9 Å². The Kier molecular flexibility index (Phi) is 4.40. The van der Waals surface area contributed by atoms with Crippen LogP contribution in [0.5, 0.6) is 0 Å². The zero-order valence-corrected chi connectivity index (χ0v) is 13.4. The molecule has 2 aromatic heterocycles. The van der Waals surface area contributed by atoms with E-state index < -0.39 is 15.9 Å². The summed E-state index contributed by atoms with van der Waals surface area (Å²) in [6.07, 6.45) is 2.81. The Morgan fingerprint density at radius 3 is 2.62 bits per heavy atom. The van der Waals surface area contributed by atoms with Gasteiger partial charge in [0.25, 0.3) is 15.9 Å². The van der Waals surface area contributed by atoms with Gasteiger partial charge in [-0.15, -0.1) is 4.83 Å². The van der Waals surface area contributed by atoms with Crippen LogP contribution in [0.25, 0.3) is 0 Å². The zero-order valence-electron chi connectivity index (χ0n) is 11.0. The fourth-order valence-corrected chi connectivity index (χ4v) is 3.17. The summed E-state index contributed by atoms with van der Waals surface area (Å²) in [4.78, 5) is 17.6. The number of sulfonamides is 1. The van der Waals surface area contributed by atoms with Crippen molar-refractivity contribution in [2.24, 2.45) is 0 Å². The Morgan fingerprint density at radius 2 is 2.05 bits per heavy atom. The lowest BCUT2D eigenvalue weighted by molar-refractivity contribution is 0.0944. The van der Waals surface area contributed by atoms with Gasteiger partial charge in [0.2, 0.25) is 0 Å². The molecule has 1 amide bonds. The van der Waals surface area contributed by atoms with Crippen molar-refractivity contribution in [2.75, 3.05) is 0 Å². The predicted molar refractivity (Wildman–Crippen MR) is 75.7 cm³/mol. The highest BCUT2D eigenvalue weighted by molar-refractivity contribution is 9.10. The standard InChI is InChI=1S/C11H11BrN4O4S/c1-6-10(7(2)20-15-6)21(18,19)16-14-11(17)8-3-9(12)5-13-4-8/h3-5,16H,1-2H3,(H,14,17). The van der Waals surface area contributed by atoms with E-state index in [1.165, 1.54) is 32.3 Å². The lowest BCUT2D eigenvalue weighted by atomic mass is 10.3. The second-order valence-electron chi connectivity index (χ2n) is 4.10. The number of carbonyl (C=O) groups excluding carboxylic acids is 1. The van der Waals surface area contributed by atoms with E-state index >= 15 is 0 Å². The van der Waals surface area contributed by atoms with E-state index in [2.05, 4.69) is 31.5 Å². The molecule has 0 aromatic carbocycles. The minimum atomic E-state index is -3.96. The zero-order chi connectivity index (χ0) is 15.6. The second kappa shape index (κ2) is 5.92. The number of halogens is 1. The summed E-state index contributed by atoms with van der Waals surface area (Å²) in [6.45, 7) is 2.96. The number of aromatic nitrogens is 2. The average Bonchev–Trinajstić information content (AvgIpc) is 2.76. The van der Waals surface area contributed by atoms with Gasteiger partial charge in [-0.3, -0.25) is 15.2 Å². The highest BCUT2D eigenvalue weighted by atomic mass is 79.9. The SMILES string of the molecule is Cc1noc(C)c1S(=O)(=O)NNC(=O)c1cncc(Br)c1. The van der Waals surface area contributed by atoms with E-state index in [0.717, 1.165) is 0 Å². The van der Waals surface area contributed by atoms with Crippen LogP contribution in [0, 0.1) is 13.8 Å². The first-order valence-corrected chi connectivity index (χ1v) is 7.94. The number of amides is 1. The van der Waals surface area contributed by atoms with Gasteiger partial charge in [-0.25, -0.2) is 8.42 Å². The minimum absolute atomic E-state index is 0.102. The lowest BCUT2D eigenvalue weighted by Crippen LogP contribution is -2.41. The third kappa shape index (κ3) is 3.46. The summed E-state index contributed by atoms with van der Waals surface area (Å²) in [6, 6.07) is 1.51. The largest absolute Gasteiger partial charge is 0.360 e. The summed E-state index contributed by atoms with van der Waals surface area (Å²) in [7, 11) is -3.96. The van der Waals surface area contributed by atoms with Crippen LogP contribution in [0.15, 0.2) is 32.4 Å². The van der Waals surface area contributed by atoms with Crippen molar-refractivity contribution in [3.05, 3.63) is 40.0 Å². The smallest absolute Gasteiger partial charge is 0.267 e. The summed E-state index contributed by atoms with van der Waals surface area (Å²) < 4.78 is 29.6. The maximum absolute atomic E-state index is 12.1.